The molecule has 16 heavy (non-hydrogen) atoms. The SMILES string of the molecule is C.CCN.CN(C)C(C)(C(=O)O)S(=O)(=O)O. The first-order valence-corrected chi connectivity index (χ1v) is 5.57. The summed E-state index contributed by atoms with van der Waals surface area (Å²) in [7, 11) is -2.13. The molecular weight excluding hydrogens is 236 g/mol. The van der Waals surface area contributed by atoms with Crippen LogP contribution in [0.25, 0.3) is 0 Å². The first kappa shape index (κ1) is 20.7. The summed E-state index contributed by atoms with van der Waals surface area (Å²) in [5.41, 5.74) is 4.85. The van der Waals surface area contributed by atoms with E-state index in [0.29, 0.717) is 0 Å². The Morgan fingerprint density at radius 2 is 1.69 bits per heavy atom. The summed E-state index contributed by atoms with van der Waals surface area (Å²) < 4.78 is 30.0. The number of nitrogens with two attached hydrogens (primary N) is 1. The van der Waals surface area contributed by atoms with Crippen LogP contribution in [0.4, 0.5) is 0 Å². The van der Waals surface area contributed by atoms with Gasteiger partial charge in [0.25, 0.3) is 10.1 Å². The van der Waals surface area contributed by atoms with E-state index in [-0.39, 0.29) is 7.43 Å². The fraction of sp³-hybridized carbons (Fsp3) is 0.875. The van der Waals surface area contributed by atoms with E-state index in [1.165, 1.54) is 14.1 Å². The Kier molecular flexibility index (Phi) is 9.76. The third kappa shape index (κ3) is 4.88. The Labute approximate surface area is 97.0 Å². The lowest BCUT2D eigenvalue weighted by Gasteiger charge is -2.28. The molecule has 0 radical (unpaired) electrons. The molecule has 0 fully saturated rings. The van der Waals surface area contributed by atoms with Crippen LogP contribution in [0.15, 0.2) is 0 Å². The minimum atomic E-state index is -4.64. The predicted molar refractivity (Wildman–Crippen MR) is 62.7 cm³/mol. The number of rotatable bonds is 3. The van der Waals surface area contributed by atoms with Gasteiger partial charge in [-0.2, -0.15) is 8.42 Å². The summed E-state index contributed by atoms with van der Waals surface area (Å²) in [6.07, 6.45) is 0. The van der Waals surface area contributed by atoms with Gasteiger partial charge in [-0.1, -0.05) is 14.4 Å². The molecule has 0 aromatic heterocycles. The van der Waals surface area contributed by atoms with E-state index in [0.717, 1.165) is 18.4 Å². The zero-order valence-electron chi connectivity index (χ0n) is 9.26. The number of nitrogens with zero attached hydrogens (tertiary/aromatic N) is 1. The van der Waals surface area contributed by atoms with Crippen molar-refractivity contribution in [1.82, 2.24) is 4.90 Å². The third-order valence-corrected chi connectivity index (χ3v) is 3.30. The van der Waals surface area contributed by atoms with Gasteiger partial charge < -0.3 is 10.8 Å². The normalized spacial score (nSPS) is 14.2. The third-order valence-electron chi connectivity index (χ3n) is 1.75. The van der Waals surface area contributed by atoms with Gasteiger partial charge in [0.15, 0.2) is 0 Å². The lowest BCUT2D eigenvalue weighted by molar-refractivity contribution is -0.144. The highest BCUT2D eigenvalue weighted by Gasteiger charge is 2.48. The van der Waals surface area contributed by atoms with Gasteiger partial charge in [0.1, 0.15) is 0 Å². The van der Waals surface area contributed by atoms with Crippen molar-refractivity contribution in [2.45, 2.75) is 26.1 Å². The average Bonchev–Trinajstić information content (AvgIpc) is 2.01. The summed E-state index contributed by atoms with van der Waals surface area (Å²) in [4.78, 5) is 9.15. The second-order valence-electron chi connectivity index (χ2n) is 3.07. The van der Waals surface area contributed by atoms with Gasteiger partial charge in [0.2, 0.25) is 4.87 Å². The van der Waals surface area contributed by atoms with Gasteiger partial charge in [-0.25, -0.2) is 4.79 Å². The molecule has 0 rings (SSSR count). The summed E-state index contributed by atoms with van der Waals surface area (Å²) in [5, 5.41) is 8.56. The lowest BCUT2D eigenvalue weighted by Crippen LogP contribution is -2.54. The molecule has 0 aliphatic heterocycles. The number of carboxylic acid groups (broad SMARTS) is 1. The average molecular weight is 258 g/mol. The molecule has 0 aromatic rings. The maximum absolute atomic E-state index is 10.7. The van der Waals surface area contributed by atoms with Gasteiger partial charge in [-0.3, -0.25) is 9.45 Å². The fourth-order valence-corrected chi connectivity index (χ4v) is 1.21. The molecule has 1 unspecified atom stereocenters. The van der Waals surface area contributed by atoms with E-state index in [2.05, 4.69) is 0 Å². The number of hydrogen-bond donors (Lipinski definition) is 3. The summed E-state index contributed by atoms with van der Waals surface area (Å²) in [5.74, 6) is -1.62. The molecule has 0 aliphatic carbocycles. The number of likely N-dealkylation sites (N-methyl/N-ethyl adjacent to an activating group) is 1. The topological polar surface area (TPSA) is 121 Å². The minimum absolute atomic E-state index is 0. The van der Waals surface area contributed by atoms with Gasteiger partial charge in [0.05, 0.1) is 0 Å². The second-order valence-corrected chi connectivity index (χ2v) is 4.81. The molecule has 0 saturated heterocycles. The molecular formula is C8H22N2O5S. The molecule has 4 N–H and O–H groups in total. The Balaban J connectivity index is -0.000000377. The van der Waals surface area contributed by atoms with Crippen LogP contribution in [0.3, 0.4) is 0 Å². The Hall–Kier alpha value is -0.700. The van der Waals surface area contributed by atoms with Crippen LogP contribution in [-0.4, -0.2) is 54.5 Å². The molecule has 100 valence electrons. The van der Waals surface area contributed by atoms with Crippen molar-refractivity contribution in [1.29, 1.82) is 0 Å². The van der Waals surface area contributed by atoms with Crippen molar-refractivity contribution in [2.24, 2.45) is 5.73 Å². The van der Waals surface area contributed by atoms with Crippen LogP contribution in [0.2, 0.25) is 0 Å². The van der Waals surface area contributed by atoms with Crippen molar-refractivity contribution < 1.29 is 22.9 Å². The molecule has 0 aromatic carbocycles. The summed E-state index contributed by atoms with van der Waals surface area (Å²) in [6, 6.07) is 0. The first-order chi connectivity index (χ1) is 6.55. The monoisotopic (exact) mass is 258 g/mol. The van der Waals surface area contributed by atoms with Crippen LogP contribution in [0.1, 0.15) is 21.3 Å². The maximum Gasteiger partial charge on any atom is 0.342 e. The van der Waals surface area contributed by atoms with Gasteiger partial charge in [0, 0.05) is 0 Å². The van der Waals surface area contributed by atoms with E-state index in [9.17, 15) is 13.2 Å². The van der Waals surface area contributed by atoms with Crippen molar-refractivity contribution in [2.75, 3.05) is 20.6 Å². The molecule has 7 nitrogen and oxygen atoms in total. The minimum Gasteiger partial charge on any atom is -0.479 e. The zero-order chi connectivity index (χ0) is 12.9. The quantitative estimate of drug-likeness (QED) is 0.601. The van der Waals surface area contributed by atoms with Crippen molar-refractivity contribution >= 4 is 16.1 Å². The second kappa shape index (κ2) is 7.55. The molecule has 0 bridgehead atoms. The lowest BCUT2D eigenvalue weighted by atomic mass is 10.3. The molecule has 0 spiro atoms. The summed E-state index contributed by atoms with van der Waals surface area (Å²) >= 11 is 0. The predicted octanol–water partition coefficient (Wildman–Crippen LogP) is -0.162. The van der Waals surface area contributed by atoms with Gasteiger partial charge >= 0.3 is 5.97 Å². The highest BCUT2D eigenvalue weighted by molar-refractivity contribution is 7.88. The number of aliphatic carboxylic acids is 1. The van der Waals surface area contributed by atoms with Crippen molar-refractivity contribution in [3.63, 3.8) is 0 Å². The Morgan fingerprint density at radius 1 is 1.44 bits per heavy atom. The molecule has 0 heterocycles. The maximum atomic E-state index is 10.7. The van der Waals surface area contributed by atoms with Crippen LogP contribution in [0.5, 0.6) is 0 Å². The van der Waals surface area contributed by atoms with E-state index in [1.807, 2.05) is 6.92 Å². The van der Waals surface area contributed by atoms with Gasteiger partial charge in [-0.15, -0.1) is 0 Å². The molecule has 0 saturated carbocycles. The smallest absolute Gasteiger partial charge is 0.342 e. The summed E-state index contributed by atoms with van der Waals surface area (Å²) in [6.45, 7) is 3.56. The van der Waals surface area contributed by atoms with E-state index >= 15 is 0 Å². The Morgan fingerprint density at radius 3 is 1.69 bits per heavy atom. The molecule has 8 heteroatoms. The highest BCUT2D eigenvalue weighted by atomic mass is 32.2. The zero-order valence-corrected chi connectivity index (χ0v) is 10.1. The van der Waals surface area contributed by atoms with E-state index in [4.69, 9.17) is 15.4 Å². The van der Waals surface area contributed by atoms with Crippen LogP contribution in [-0.2, 0) is 14.9 Å². The fourth-order valence-electron chi connectivity index (χ4n) is 0.532. The van der Waals surface area contributed by atoms with E-state index < -0.39 is 21.0 Å². The largest absolute Gasteiger partial charge is 0.479 e. The molecule has 1 atom stereocenters. The van der Waals surface area contributed by atoms with Crippen molar-refractivity contribution in [3.05, 3.63) is 0 Å². The standard InChI is InChI=1S/C5H11NO5S.C2H7N.CH4/c1-5(4(7)8,6(2)3)12(9,10)11;1-2-3;/h1-3H3,(H,7,8)(H,9,10,11);2-3H2,1H3;1H4. The number of carboxylic acids is 1. The van der Waals surface area contributed by atoms with Crippen LogP contribution in [0, 0.1) is 0 Å². The van der Waals surface area contributed by atoms with Crippen LogP contribution < -0.4 is 5.73 Å². The highest BCUT2D eigenvalue weighted by Crippen LogP contribution is 2.18. The molecule has 0 amide bonds. The first-order valence-electron chi connectivity index (χ1n) is 4.13. The van der Waals surface area contributed by atoms with Crippen molar-refractivity contribution in [3.8, 4) is 0 Å². The number of carbonyl (C=O) groups is 1. The molecule has 0 aliphatic rings. The van der Waals surface area contributed by atoms with Crippen LogP contribution >= 0.6 is 0 Å². The Bertz CT molecular complexity index is 302. The van der Waals surface area contributed by atoms with E-state index in [1.54, 1.807) is 0 Å². The van der Waals surface area contributed by atoms with Gasteiger partial charge in [-0.05, 0) is 27.6 Å². The number of hydrogen-bond acceptors (Lipinski definition) is 5.